The quantitative estimate of drug-likeness (QED) is 0.246. The van der Waals surface area contributed by atoms with Crippen molar-refractivity contribution in [3.8, 4) is 11.1 Å². The Morgan fingerprint density at radius 2 is 1.66 bits per heavy atom. The molecule has 0 aliphatic heterocycles. The van der Waals surface area contributed by atoms with Crippen LogP contribution < -0.4 is 5.32 Å². The van der Waals surface area contributed by atoms with Gasteiger partial charge in [0.1, 0.15) is 11.7 Å². The number of halogens is 1. The molecular weight excluding hydrogens is 477 g/mol. The fourth-order valence-corrected chi connectivity index (χ4v) is 4.77. The van der Waals surface area contributed by atoms with E-state index >= 15 is 0 Å². The molecule has 0 heterocycles. The van der Waals surface area contributed by atoms with E-state index in [4.69, 9.17) is 4.99 Å². The van der Waals surface area contributed by atoms with Crippen LogP contribution in [0.15, 0.2) is 102 Å². The molecule has 192 valence electrons. The molecule has 2 atom stereocenters. The van der Waals surface area contributed by atoms with Gasteiger partial charge in [-0.25, -0.2) is 9.38 Å². The number of carbonyl (C=O) groups excluding carboxylic acids is 1. The lowest BCUT2D eigenvalue weighted by molar-refractivity contribution is 0.0858. The van der Waals surface area contributed by atoms with E-state index in [2.05, 4.69) is 5.32 Å². The lowest BCUT2D eigenvalue weighted by atomic mass is 10.0. The van der Waals surface area contributed by atoms with Crippen LogP contribution in [0.1, 0.15) is 40.0 Å². The van der Waals surface area contributed by atoms with Crippen LogP contribution in [0.4, 0.5) is 10.1 Å². The Hall–Kier alpha value is -4.29. The Morgan fingerprint density at radius 1 is 0.974 bits per heavy atom. The topological polar surface area (TPSA) is 64.9 Å². The van der Waals surface area contributed by atoms with Gasteiger partial charge in [0, 0.05) is 25.6 Å². The molecule has 5 nitrogen and oxygen atoms in total. The molecule has 1 aliphatic carbocycles. The van der Waals surface area contributed by atoms with Crippen molar-refractivity contribution in [2.45, 2.75) is 32.0 Å². The summed E-state index contributed by atoms with van der Waals surface area (Å²) >= 11 is 0. The number of amides is 1. The first-order valence-electron chi connectivity index (χ1n) is 12.7. The summed E-state index contributed by atoms with van der Waals surface area (Å²) in [6.07, 6.45) is -0.236. The minimum atomic E-state index is -0.709. The number of benzene rings is 4. The van der Waals surface area contributed by atoms with Crippen LogP contribution in [0.2, 0.25) is 0 Å². The number of hydrogen-bond donors (Lipinski definition) is 2. The van der Waals surface area contributed by atoms with Crippen LogP contribution in [0.5, 0.6) is 0 Å². The fraction of sp³-hybridized carbons (Fsp3) is 0.188. The smallest absolute Gasteiger partial charge is 0.251 e. The Bertz CT molecular complexity index is 1450. The van der Waals surface area contributed by atoms with E-state index in [-0.39, 0.29) is 11.7 Å². The van der Waals surface area contributed by atoms with Crippen LogP contribution in [0, 0.1) is 5.82 Å². The Kier molecular flexibility index (Phi) is 7.33. The molecule has 4 aromatic carbocycles. The number of hydrogen-bond acceptors (Lipinski definition) is 3. The number of rotatable bonds is 6. The highest BCUT2D eigenvalue weighted by molar-refractivity contribution is 5.95. The zero-order valence-electron chi connectivity index (χ0n) is 21.4. The summed E-state index contributed by atoms with van der Waals surface area (Å²) in [6.45, 7) is 2.52. The van der Waals surface area contributed by atoms with Crippen LogP contribution in [-0.4, -0.2) is 34.9 Å². The first-order valence-corrected chi connectivity index (χ1v) is 12.7. The predicted octanol–water partition coefficient (Wildman–Crippen LogP) is 6.06. The summed E-state index contributed by atoms with van der Waals surface area (Å²) < 4.78 is 13.2. The van der Waals surface area contributed by atoms with E-state index in [9.17, 15) is 14.3 Å². The third-order valence-electron chi connectivity index (χ3n) is 7.00. The molecule has 0 bridgehead atoms. The van der Waals surface area contributed by atoms with Crippen molar-refractivity contribution in [2.24, 2.45) is 4.99 Å². The summed E-state index contributed by atoms with van der Waals surface area (Å²) in [5, 5.41) is 13.8. The average Bonchev–Trinajstić information content (AvgIpc) is 3.24. The third-order valence-corrected chi connectivity index (χ3v) is 7.00. The molecule has 0 unspecified atom stereocenters. The number of fused-ring (bicyclic) bond motifs is 1. The summed E-state index contributed by atoms with van der Waals surface area (Å²) in [5.41, 5.74) is 6.27. The lowest BCUT2D eigenvalue weighted by Gasteiger charge is -2.20. The first kappa shape index (κ1) is 25.4. The van der Waals surface area contributed by atoms with E-state index in [0.717, 1.165) is 39.3 Å². The van der Waals surface area contributed by atoms with E-state index in [1.165, 1.54) is 12.1 Å². The van der Waals surface area contributed by atoms with Gasteiger partial charge in [0.25, 0.3) is 5.91 Å². The van der Waals surface area contributed by atoms with Gasteiger partial charge in [0.15, 0.2) is 0 Å². The Labute approximate surface area is 222 Å². The standard InChI is InChI=1S/C32H30FN3O2/c1-21(36(2)20-22-8-15-27(33)16-9-22)34-28-17-14-26-18-30(37)31(29(26)19-28)35-32(38)25-12-10-24(11-13-25)23-6-4-3-5-7-23/h3-17,19,30-31,37H,18,20H2,1-2H3,(H,35,38)/b34-21+/t30-,31-/m1/s1. The number of nitrogens with zero attached hydrogens (tertiary/aromatic N) is 2. The second-order valence-corrected chi connectivity index (χ2v) is 9.69. The summed E-state index contributed by atoms with van der Waals surface area (Å²) in [5.74, 6) is 0.311. The first-order chi connectivity index (χ1) is 18.4. The highest BCUT2D eigenvalue weighted by Gasteiger charge is 2.32. The third kappa shape index (κ3) is 5.66. The fourth-order valence-electron chi connectivity index (χ4n) is 4.77. The Balaban J connectivity index is 1.30. The second kappa shape index (κ2) is 11.0. The summed E-state index contributed by atoms with van der Waals surface area (Å²) in [4.78, 5) is 19.8. The highest BCUT2D eigenvalue weighted by Crippen LogP contribution is 2.35. The molecule has 0 spiro atoms. The van der Waals surface area contributed by atoms with Crippen molar-refractivity contribution in [1.82, 2.24) is 10.2 Å². The molecule has 1 amide bonds. The van der Waals surface area contributed by atoms with Gasteiger partial charge < -0.3 is 15.3 Å². The van der Waals surface area contributed by atoms with Crippen molar-refractivity contribution >= 4 is 17.4 Å². The van der Waals surface area contributed by atoms with E-state index in [1.807, 2.05) is 79.5 Å². The molecule has 1 aliphatic rings. The molecule has 38 heavy (non-hydrogen) atoms. The van der Waals surface area contributed by atoms with Gasteiger partial charge in [-0.2, -0.15) is 0 Å². The van der Waals surface area contributed by atoms with Crippen molar-refractivity contribution in [1.29, 1.82) is 0 Å². The van der Waals surface area contributed by atoms with Crippen LogP contribution in [0.3, 0.4) is 0 Å². The molecule has 0 saturated heterocycles. The van der Waals surface area contributed by atoms with Gasteiger partial charge in [-0.15, -0.1) is 0 Å². The van der Waals surface area contributed by atoms with Crippen molar-refractivity contribution in [2.75, 3.05) is 7.05 Å². The van der Waals surface area contributed by atoms with Gasteiger partial charge >= 0.3 is 0 Å². The van der Waals surface area contributed by atoms with Crippen LogP contribution in [-0.2, 0) is 13.0 Å². The number of aliphatic imine (C=N–C) groups is 1. The SMILES string of the molecule is C/C(=N\c1ccc2c(c1)[C@@H](NC(=O)c1ccc(-c3ccccc3)cc1)[C@H](O)C2)N(C)Cc1ccc(F)cc1. The summed E-state index contributed by atoms with van der Waals surface area (Å²) in [6, 6.07) is 29.2. The zero-order chi connectivity index (χ0) is 26.6. The minimum Gasteiger partial charge on any atom is -0.390 e. The molecule has 0 radical (unpaired) electrons. The highest BCUT2D eigenvalue weighted by atomic mass is 19.1. The number of amidine groups is 1. The minimum absolute atomic E-state index is 0.231. The largest absolute Gasteiger partial charge is 0.390 e. The Morgan fingerprint density at radius 3 is 2.37 bits per heavy atom. The maximum absolute atomic E-state index is 13.2. The van der Waals surface area contributed by atoms with Gasteiger partial charge in [-0.3, -0.25) is 4.79 Å². The van der Waals surface area contributed by atoms with Crippen LogP contribution in [0.25, 0.3) is 11.1 Å². The van der Waals surface area contributed by atoms with Gasteiger partial charge in [0.05, 0.1) is 17.8 Å². The zero-order valence-corrected chi connectivity index (χ0v) is 21.4. The second-order valence-electron chi connectivity index (χ2n) is 9.69. The molecule has 2 N–H and O–H groups in total. The maximum Gasteiger partial charge on any atom is 0.251 e. The molecule has 6 heteroatoms. The van der Waals surface area contributed by atoms with Gasteiger partial charge in [-0.05, 0) is 71.1 Å². The van der Waals surface area contributed by atoms with E-state index in [1.54, 1.807) is 24.3 Å². The molecule has 0 fully saturated rings. The number of nitrogens with one attached hydrogen (secondary N) is 1. The van der Waals surface area contributed by atoms with Gasteiger partial charge in [-0.1, -0.05) is 60.7 Å². The molecule has 0 aromatic heterocycles. The molecule has 4 aromatic rings. The molecule has 5 rings (SSSR count). The van der Waals surface area contributed by atoms with Crippen molar-refractivity contribution < 1.29 is 14.3 Å². The number of aliphatic hydroxyl groups is 1. The number of carbonyl (C=O) groups is 1. The van der Waals surface area contributed by atoms with Crippen molar-refractivity contribution in [3.63, 3.8) is 0 Å². The summed E-state index contributed by atoms with van der Waals surface area (Å²) in [7, 11) is 1.94. The van der Waals surface area contributed by atoms with Crippen LogP contribution >= 0.6 is 0 Å². The van der Waals surface area contributed by atoms with E-state index in [0.29, 0.717) is 18.5 Å². The lowest BCUT2D eigenvalue weighted by Crippen LogP contribution is -2.33. The van der Waals surface area contributed by atoms with E-state index < -0.39 is 12.1 Å². The predicted molar refractivity (Wildman–Crippen MR) is 149 cm³/mol. The monoisotopic (exact) mass is 507 g/mol. The average molecular weight is 508 g/mol. The number of aliphatic hydroxyl groups excluding tert-OH is 1. The van der Waals surface area contributed by atoms with Gasteiger partial charge in [0.2, 0.25) is 0 Å². The van der Waals surface area contributed by atoms with Crippen molar-refractivity contribution in [3.05, 3.63) is 125 Å². The normalized spacial score (nSPS) is 16.7. The maximum atomic E-state index is 13.2. The molecule has 0 saturated carbocycles. The molecular formula is C32H30FN3O2.